The number of alkyl halides is 6. The van der Waals surface area contributed by atoms with Crippen LogP contribution in [-0.2, 0) is 12.4 Å². The zero-order valence-corrected chi connectivity index (χ0v) is 24.5. The molecule has 0 atom stereocenters. The van der Waals surface area contributed by atoms with Gasteiger partial charge in [-0.05, 0) is 6.92 Å². The molecule has 3 aliphatic rings. The van der Waals surface area contributed by atoms with Crippen molar-refractivity contribution in [2.24, 2.45) is 30.0 Å². The maximum absolute atomic E-state index is 13.2. The highest BCUT2D eigenvalue weighted by molar-refractivity contribution is 5.80. The molecule has 0 aromatic carbocycles. The number of aromatic nitrogens is 9. The predicted molar refractivity (Wildman–Crippen MR) is 146 cm³/mol. The number of hydrogen-bond donors (Lipinski definition) is 0. The van der Waals surface area contributed by atoms with Gasteiger partial charge in [0.15, 0.2) is 51.4 Å². The molecule has 7 rings (SSSR count). The highest BCUT2D eigenvalue weighted by Gasteiger charge is 2.36. The van der Waals surface area contributed by atoms with E-state index in [1.165, 1.54) is 6.20 Å². The molecule has 0 spiro atoms. The molecule has 0 unspecified atom stereocenters. The normalized spacial score (nSPS) is 16.9. The van der Waals surface area contributed by atoms with Crippen molar-refractivity contribution in [3.05, 3.63) is 115 Å². The Morgan fingerprint density at radius 3 is 1.45 bits per heavy atom. The lowest BCUT2D eigenvalue weighted by atomic mass is 10.2. The summed E-state index contributed by atoms with van der Waals surface area (Å²) in [7, 11) is 0. The Bertz CT molecular complexity index is 2750. The lowest BCUT2D eigenvalue weighted by molar-refractivity contribution is -0.145. The number of hydrogen-bond acceptors (Lipinski definition) is 17. The zero-order chi connectivity index (χ0) is 36.2. The van der Waals surface area contributed by atoms with E-state index in [1.54, 1.807) is 13.0 Å². The number of fused-ring (bicyclic) bond motifs is 3. The smallest absolute Gasteiger partial charge is 0.239 e. The Morgan fingerprint density at radius 1 is 0.588 bits per heavy atom. The second-order valence-electron chi connectivity index (χ2n) is 9.81. The third-order valence-electron chi connectivity index (χ3n) is 6.48. The maximum Gasteiger partial charge on any atom is 0.451 e. The van der Waals surface area contributed by atoms with Gasteiger partial charge in [-0.15, -0.1) is 0 Å². The predicted octanol–water partition coefficient (Wildman–Crippen LogP) is -0.624. The minimum absolute atomic E-state index is 0.102. The van der Waals surface area contributed by atoms with E-state index < -0.39 is 80.9 Å². The molecular weight excluding hydrogens is 690 g/mol. The van der Waals surface area contributed by atoms with Gasteiger partial charge >= 0.3 is 12.4 Å². The van der Waals surface area contributed by atoms with Crippen LogP contribution in [0, 0.1) is 36.2 Å². The Morgan fingerprint density at radius 2 is 1.00 bits per heavy atom. The van der Waals surface area contributed by atoms with Gasteiger partial charge in [0.25, 0.3) is 5.70 Å². The van der Waals surface area contributed by atoms with Crippen LogP contribution in [0.25, 0.3) is 21.7 Å². The summed E-state index contributed by atoms with van der Waals surface area (Å²) in [5.74, 6) is -5.73. The van der Waals surface area contributed by atoms with Gasteiger partial charge in [0.05, 0.1) is 25.2 Å². The van der Waals surface area contributed by atoms with Crippen LogP contribution < -0.4 is 32.5 Å². The third-order valence-corrected chi connectivity index (χ3v) is 6.48. The second-order valence-corrected chi connectivity index (χ2v) is 9.81. The van der Waals surface area contributed by atoms with Gasteiger partial charge in [-0.3, -0.25) is 0 Å². The molecule has 4 aromatic rings. The summed E-state index contributed by atoms with van der Waals surface area (Å²) < 4.78 is 79.4. The van der Waals surface area contributed by atoms with Crippen LogP contribution in [0.2, 0.25) is 0 Å². The molecule has 7 heterocycles. The van der Waals surface area contributed by atoms with Crippen LogP contribution in [0.3, 0.4) is 0 Å². The summed E-state index contributed by atoms with van der Waals surface area (Å²) in [5.41, 5.74) is -2.58. The van der Waals surface area contributed by atoms with E-state index >= 15 is 0 Å². The van der Waals surface area contributed by atoms with Crippen LogP contribution in [0.4, 0.5) is 26.3 Å². The fourth-order valence-corrected chi connectivity index (χ4v) is 4.29. The Balaban J connectivity index is 1.47. The molecule has 0 radical (unpaired) electrons. The third kappa shape index (κ3) is 5.76. The van der Waals surface area contributed by atoms with Gasteiger partial charge in [-0.1, -0.05) is 0 Å². The summed E-state index contributed by atoms with van der Waals surface area (Å²) in [6, 6.07) is 3.58. The van der Waals surface area contributed by atoms with Gasteiger partial charge in [0.1, 0.15) is 45.2 Å². The lowest BCUT2D eigenvalue weighted by Crippen LogP contribution is -2.30. The van der Waals surface area contributed by atoms with E-state index in [9.17, 15) is 36.9 Å². The Labute approximate surface area is 275 Å². The van der Waals surface area contributed by atoms with E-state index in [2.05, 4.69) is 79.7 Å². The minimum atomic E-state index is -4.92. The highest BCUT2D eigenvalue weighted by Crippen LogP contribution is 2.28. The van der Waals surface area contributed by atoms with Crippen molar-refractivity contribution < 1.29 is 26.3 Å². The number of rotatable bonds is 3. The fourth-order valence-electron chi connectivity index (χ4n) is 4.29. The highest BCUT2D eigenvalue weighted by atomic mass is 19.4. The summed E-state index contributed by atoms with van der Waals surface area (Å²) in [4.78, 5) is 61.4. The molecule has 4 aromatic heterocycles. The molecule has 0 N–H and O–H groups in total. The molecule has 0 bridgehead atoms. The first-order valence-corrected chi connectivity index (χ1v) is 13.5. The molecule has 246 valence electrons. The summed E-state index contributed by atoms with van der Waals surface area (Å²) in [6.45, 7) is 9.42. The van der Waals surface area contributed by atoms with E-state index in [0.29, 0.717) is 5.82 Å². The first kappa shape index (κ1) is 31.9. The lowest BCUT2D eigenvalue weighted by Gasteiger charge is -2.07. The van der Waals surface area contributed by atoms with Crippen molar-refractivity contribution in [2.75, 3.05) is 0 Å². The summed E-state index contributed by atoms with van der Waals surface area (Å²) in [5, 5.41) is 20.1. The van der Waals surface area contributed by atoms with Gasteiger partial charge < -0.3 is 0 Å². The van der Waals surface area contributed by atoms with Crippen molar-refractivity contribution in [1.82, 2.24) is 44.9 Å². The Kier molecular flexibility index (Phi) is 7.18. The van der Waals surface area contributed by atoms with Gasteiger partial charge in [-0.2, -0.15) is 36.9 Å². The second kappa shape index (κ2) is 11.5. The van der Waals surface area contributed by atoms with Crippen LogP contribution in [-0.4, -0.2) is 44.9 Å². The Hall–Kier alpha value is -7.68. The number of nitriles is 2. The first-order valence-electron chi connectivity index (χ1n) is 13.5. The molecule has 24 heteroatoms. The largest absolute Gasteiger partial charge is 0.451 e. The minimum Gasteiger partial charge on any atom is -0.239 e. The molecule has 0 amide bonds. The molecule has 18 nitrogen and oxygen atoms in total. The average molecular weight is 696 g/mol. The number of allylic oxidation sites excluding steroid dienone is 2. The summed E-state index contributed by atoms with van der Waals surface area (Å²) >= 11 is 0. The van der Waals surface area contributed by atoms with Gasteiger partial charge in [-0.25, -0.2) is 79.7 Å². The number of halogens is 6. The fraction of sp³-hybridized carbons (Fsp3) is 0.111. The SMILES string of the molecule is [C-]#[N+]/C(=C1\N=c2cnc(C(F)(F)F)nc2=N1)c1nc(/C(C#N)=C2/N=c3cnc(C)nc3=N2)nc(/C(C#N)=C2/N=c3cnc(C(F)(F)F)nc3=N2)n1. The molecule has 0 fully saturated rings. The van der Waals surface area contributed by atoms with Crippen LogP contribution in [0.15, 0.2) is 66.0 Å². The van der Waals surface area contributed by atoms with Crippen molar-refractivity contribution >= 4 is 16.8 Å². The summed E-state index contributed by atoms with van der Waals surface area (Å²) in [6.07, 6.45) is -7.03. The molecule has 0 saturated carbocycles. The molecule has 0 saturated heterocycles. The van der Waals surface area contributed by atoms with E-state index in [-0.39, 0.29) is 27.4 Å². The maximum atomic E-state index is 13.2. The van der Waals surface area contributed by atoms with Crippen molar-refractivity contribution in [1.29, 1.82) is 10.5 Å². The van der Waals surface area contributed by atoms with Gasteiger partial charge in [0, 0.05) is 0 Å². The van der Waals surface area contributed by atoms with Crippen molar-refractivity contribution in [3.8, 4) is 12.1 Å². The van der Waals surface area contributed by atoms with E-state index in [4.69, 9.17) is 6.57 Å². The zero-order valence-electron chi connectivity index (χ0n) is 24.5. The van der Waals surface area contributed by atoms with Crippen molar-refractivity contribution in [2.45, 2.75) is 19.3 Å². The van der Waals surface area contributed by atoms with Gasteiger partial charge in [0.2, 0.25) is 11.6 Å². The number of nitrogens with zero attached hydrogens (tertiary/aromatic N) is 18. The molecule has 51 heavy (non-hydrogen) atoms. The first-order chi connectivity index (χ1) is 24.2. The monoisotopic (exact) mass is 696 g/mol. The van der Waals surface area contributed by atoms with Crippen LogP contribution in [0.5, 0.6) is 0 Å². The van der Waals surface area contributed by atoms with Crippen LogP contribution in [0.1, 0.15) is 34.9 Å². The quantitative estimate of drug-likeness (QED) is 0.148. The van der Waals surface area contributed by atoms with E-state index in [0.717, 1.165) is 12.4 Å². The average Bonchev–Trinajstić information content (AvgIpc) is 3.80. The molecule has 3 aliphatic heterocycles. The van der Waals surface area contributed by atoms with E-state index in [1.807, 2.05) is 6.07 Å². The standard InChI is InChI=1S/C27H6F6N18/c1-8-37-5-11-19(40-8)45-15(41-11)9(3-34)17-44-18(10(4-35)16-42-12-6-38-24(26(28,29)30)50-20(12)46-16)48-23(47-17)14(36-2)22-43-13-7-39-25(27(31,32)33)51-21(13)49-22/h5-7H,1H3/b15-9-,16-10-,22-14+. The van der Waals surface area contributed by atoms with Crippen LogP contribution >= 0.6 is 0 Å². The molecular formula is C27H6F6N18. The van der Waals surface area contributed by atoms with Crippen molar-refractivity contribution in [3.63, 3.8) is 0 Å². The number of aryl methyl sites for hydroxylation is 1. The molecule has 0 aliphatic carbocycles. The topological polar surface area (TPSA) is 242 Å².